The summed E-state index contributed by atoms with van der Waals surface area (Å²) < 4.78 is 4.58. The van der Waals surface area contributed by atoms with Crippen molar-refractivity contribution in [3.05, 3.63) is 0 Å². The highest BCUT2D eigenvalue weighted by molar-refractivity contribution is 5.71. The van der Waals surface area contributed by atoms with Crippen LogP contribution in [0.3, 0.4) is 0 Å². The normalized spacial score (nSPS) is 23.1. The summed E-state index contributed by atoms with van der Waals surface area (Å²) in [5.74, 6) is -0.163. The Balaban J connectivity index is 2.26. The molecule has 0 aliphatic carbocycles. The molecule has 1 aliphatic rings. The molecule has 70 valence electrons. The number of nitrogens with zero attached hydrogens (tertiary/aromatic N) is 1. The van der Waals surface area contributed by atoms with Crippen LogP contribution >= 0.6 is 0 Å². The van der Waals surface area contributed by atoms with Gasteiger partial charge >= 0.3 is 5.97 Å². The van der Waals surface area contributed by atoms with Crippen LogP contribution < -0.4 is 5.32 Å². The first-order chi connectivity index (χ1) is 5.74. The minimum absolute atomic E-state index is 0.163. The Kier molecular flexibility index (Phi) is 3.49. The van der Waals surface area contributed by atoms with Gasteiger partial charge in [0.05, 0.1) is 13.7 Å². The van der Waals surface area contributed by atoms with E-state index in [-0.39, 0.29) is 5.97 Å². The van der Waals surface area contributed by atoms with Crippen molar-refractivity contribution in [1.29, 1.82) is 0 Å². The molecule has 1 unspecified atom stereocenters. The van der Waals surface area contributed by atoms with Crippen LogP contribution in [-0.2, 0) is 9.53 Å². The lowest BCUT2D eigenvalue weighted by Crippen LogP contribution is -2.37. The van der Waals surface area contributed by atoms with Gasteiger partial charge in [-0.1, -0.05) is 0 Å². The Bertz CT molecular complexity index is 155. The van der Waals surface area contributed by atoms with Crippen LogP contribution in [0.4, 0.5) is 0 Å². The fourth-order valence-electron chi connectivity index (χ4n) is 1.41. The Labute approximate surface area is 72.9 Å². The van der Waals surface area contributed by atoms with Gasteiger partial charge in [0.1, 0.15) is 0 Å². The molecule has 4 heteroatoms. The lowest BCUT2D eigenvalue weighted by molar-refractivity contribution is -0.142. The van der Waals surface area contributed by atoms with Crippen molar-refractivity contribution in [2.45, 2.75) is 12.5 Å². The number of carbonyl (C=O) groups is 1. The quantitative estimate of drug-likeness (QED) is 0.580. The second-order valence-corrected chi connectivity index (χ2v) is 3.14. The first-order valence-electron chi connectivity index (χ1n) is 4.22. The maximum atomic E-state index is 10.9. The molecule has 0 amide bonds. The third-order valence-corrected chi connectivity index (χ3v) is 2.26. The molecule has 0 saturated carbocycles. The van der Waals surface area contributed by atoms with E-state index in [1.54, 1.807) is 0 Å². The van der Waals surface area contributed by atoms with Crippen molar-refractivity contribution >= 4 is 5.97 Å². The van der Waals surface area contributed by atoms with Crippen molar-refractivity contribution < 1.29 is 9.53 Å². The van der Waals surface area contributed by atoms with Gasteiger partial charge < -0.3 is 10.1 Å². The molecular weight excluding hydrogens is 156 g/mol. The van der Waals surface area contributed by atoms with Gasteiger partial charge in [-0.3, -0.25) is 9.69 Å². The molecule has 0 radical (unpaired) electrons. The van der Waals surface area contributed by atoms with Crippen LogP contribution in [0.5, 0.6) is 0 Å². The van der Waals surface area contributed by atoms with Crippen LogP contribution in [0.1, 0.15) is 6.42 Å². The molecule has 0 aromatic carbocycles. The van der Waals surface area contributed by atoms with Crippen LogP contribution in [0.15, 0.2) is 0 Å². The smallest absolute Gasteiger partial charge is 0.319 e. The van der Waals surface area contributed by atoms with Crippen LogP contribution in [0.25, 0.3) is 0 Å². The van der Waals surface area contributed by atoms with Gasteiger partial charge in [0, 0.05) is 12.6 Å². The predicted octanol–water partition coefficient (Wildman–Crippen LogP) is -0.547. The van der Waals surface area contributed by atoms with Gasteiger partial charge in [0.2, 0.25) is 0 Å². The largest absolute Gasteiger partial charge is 0.468 e. The summed E-state index contributed by atoms with van der Waals surface area (Å²) in [7, 11) is 3.37. The second kappa shape index (κ2) is 4.42. The summed E-state index contributed by atoms with van der Waals surface area (Å²) in [6.07, 6.45) is 1.12. The number of methoxy groups -OCH3 is 1. The molecule has 0 bridgehead atoms. The Morgan fingerprint density at radius 1 is 1.75 bits per heavy atom. The SMILES string of the molecule is COC(=O)CN(C)C1CCNC1. The lowest BCUT2D eigenvalue weighted by Gasteiger charge is -2.21. The number of esters is 1. The van der Waals surface area contributed by atoms with Crippen LogP contribution in [-0.4, -0.2) is 50.7 Å². The Morgan fingerprint density at radius 2 is 2.50 bits per heavy atom. The zero-order chi connectivity index (χ0) is 8.97. The van der Waals surface area contributed by atoms with Crippen LogP contribution in [0, 0.1) is 0 Å². The molecular formula is C8H16N2O2. The van der Waals surface area contributed by atoms with E-state index in [0.29, 0.717) is 12.6 Å². The minimum Gasteiger partial charge on any atom is -0.468 e. The molecule has 1 rings (SSSR count). The van der Waals surface area contributed by atoms with Crippen molar-refractivity contribution in [2.24, 2.45) is 0 Å². The average molecular weight is 172 g/mol. The summed E-state index contributed by atoms with van der Waals surface area (Å²) >= 11 is 0. The van der Waals surface area contributed by atoms with E-state index in [4.69, 9.17) is 0 Å². The van der Waals surface area contributed by atoms with Crippen molar-refractivity contribution in [1.82, 2.24) is 10.2 Å². The van der Waals surface area contributed by atoms with E-state index in [1.807, 2.05) is 11.9 Å². The zero-order valence-corrected chi connectivity index (χ0v) is 7.67. The highest BCUT2D eigenvalue weighted by Crippen LogP contribution is 2.05. The minimum atomic E-state index is -0.163. The third-order valence-electron chi connectivity index (χ3n) is 2.26. The summed E-state index contributed by atoms with van der Waals surface area (Å²) in [5, 5.41) is 3.25. The number of likely N-dealkylation sites (N-methyl/N-ethyl adjacent to an activating group) is 1. The standard InChI is InChI=1S/C8H16N2O2/c1-10(6-8(11)12-2)7-3-4-9-5-7/h7,9H,3-6H2,1-2H3. The third kappa shape index (κ3) is 2.46. The van der Waals surface area contributed by atoms with Crippen molar-refractivity contribution in [3.8, 4) is 0 Å². The number of ether oxygens (including phenoxy) is 1. The predicted molar refractivity (Wildman–Crippen MR) is 45.9 cm³/mol. The van der Waals surface area contributed by atoms with Gasteiger partial charge in [0.15, 0.2) is 0 Å². The maximum Gasteiger partial charge on any atom is 0.319 e. The summed E-state index contributed by atoms with van der Waals surface area (Å²) in [6.45, 7) is 2.42. The molecule has 1 aliphatic heterocycles. The number of rotatable bonds is 3. The molecule has 0 spiro atoms. The molecule has 1 atom stereocenters. The highest BCUT2D eigenvalue weighted by Gasteiger charge is 2.20. The van der Waals surface area contributed by atoms with Gasteiger partial charge in [-0.05, 0) is 20.0 Å². The molecule has 0 aromatic rings. The molecule has 1 heterocycles. The molecule has 12 heavy (non-hydrogen) atoms. The summed E-state index contributed by atoms with van der Waals surface area (Å²) in [5.41, 5.74) is 0. The topological polar surface area (TPSA) is 41.6 Å². The van der Waals surface area contributed by atoms with Crippen molar-refractivity contribution in [2.75, 3.05) is 33.8 Å². The van der Waals surface area contributed by atoms with Gasteiger partial charge in [-0.25, -0.2) is 0 Å². The maximum absolute atomic E-state index is 10.9. The Hall–Kier alpha value is -0.610. The number of hydrogen-bond acceptors (Lipinski definition) is 4. The van der Waals surface area contributed by atoms with E-state index in [1.165, 1.54) is 7.11 Å². The zero-order valence-electron chi connectivity index (χ0n) is 7.67. The highest BCUT2D eigenvalue weighted by atomic mass is 16.5. The average Bonchev–Trinajstić information content (AvgIpc) is 2.56. The molecule has 4 nitrogen and oxygen atoms in total. The van der Waals surface area contributed by atoms with E-state index >= 15 is 0 Å². The number of hydrogen-bond donors (Lipinski definition) is 1. The first-order valence-corrected chi connectivity index (χ1v) is 4.22. The van der Waals surface area contributed by atoms with E-state index < -0.39 is 0 Å². The van der Waals surface area contributed by atoms with Crippen molar-refractivity contribution in [3.63, 3.8) is 0 Å². The monoisotopic (exact) mass is 172 g/mol. The summed E-state index contributed by atoms with van der Waals surface area (Å²) in [4.78, 5) is 12.9. The molecule has 0 aromatic heterocycles. The fourth-order valence-corrected chi connectivity index (χ4v) is 1.41. The molecule has 1 fully saturated rings. The van der Waals surface area contributed by atoms with E-state index in [2.05, 4.69) is 10.1 Å². The van der Waals surface area contributed by atoms with Gasteiger partial charge in [-0.2, -0.15) is 0 Å². The second-order valence-electron chi connectivity index (χ2n) is 3.14. The van der Waals surface area contributed by atoms with Gasteiger partial charge in [-0.15, -0.1) is 0 Å². The summed E-state index contributed by atoms with van der Waals surface area (Å²) in [6, 6.07) is 0.490. The fraction of sp³-hybridized carbons (Fsp3) is 0.875. The van der Waals surface area contributed by atoms with E-state index in [0.717, 1.165) is 19.5 Å². The number of nitrogens with one attached hydrogen (secondary N) is 1. The number of carbonyl (C=O) groups excluding carboxylic acids is 1. The molecule has 1 N–H and O–H groups in total. The first kappa shape index (κ1) is 9.48. The molecule has 1 saturated heterocycles. The van der Waals surface area contributed by atoms with Gasteiger partial charge in [0.25, 0.3) is 0 Å². The van der Waals surface area contributed by atoms with Crippen LogP contribution in [0.2, 0.25) is 0 Å². The Morgan fingerprint density at radius 3 is 3.00 bits per heavy atom. The van der Waals surface area contributed by atoms with E-state index in [9.17, 15) is 4.79 Å². The lowest BCUT2D eigenvalue weighted by atomic mass is 10.2.